The summed E-state index contributed by atoms with van der Waals surface area (Å²) in [6.45, 7) is 4.05. The molecule has 0 aromatic heterocycles. The second-order valence-electron chi connectivity index (χ2n) is 4.72. The van der Waals surface area contributed by atoms with Gasteiger partial charge in [-0.05, 0) is 55.9 Å². The van der Waals surface area contributed by atoms with Gasteiger partial charge in [0.25, 0.3) is 0 Å². The maximum Gasteiger partial charge on any atom is 0.125 e. The van der Waals surface area contributed by atoms with Gasteiger partial charge in [0.05, 0.1) is 7.11 Å². The van der Waals surface area contributed by atoms with E-state index in [0.717, 1.165) is 40.3 Å². The Labute approximate surface area is 102 Å². The predicted octanol–water partition coefficient (Wildman–Crippen LogP) is 3.30. The summed E-state index contributed by atoms with van der Waals surface area (Å²) in [5.74, 6) is 0.913. The van der Waals surface area contributed by atoms with Gasteiger partial charge < -0.3 is 10.5 Å². The Morgan fingerprint density at radius 1 is 1.38 bits per heavy atom. The summed E-state index contributed by atoms with van der Waals surface area (Å²) >= 11 is 6.33. The van der Waals surface area contributed by atoms with Crippen LogP contribution in [-0.4, -0.2) is 7.11 Å². The number of rotatable bonds is 2. The maximum atomic E-state index is 6.36. The molecule has 0 bridgehead atoms. The summed E-state index contributed by atoms with van der Waals surface area (Å²) in [4.78, 5) is 0. The minimum atomic E-state index is -0.234. The topological polar surface area (TPSA) is 35.2 Å². The highest BCUT2D eigenvalue weighted by Gasteiger charge is 2.38. The van der Waals surface area contributed by atoms with Crippen molar-refractivity contribution in [2.75, 3.05) is 7.11 Å². The van der Waals surface area contributed by atoms with Crippen LogP contribution in [0.3, 0.4) is 0 Å². The number of hydrogen-bond acceptors (Lipinski definition) is 2. The van der Waals surface area contributed by atoms with Crippen molar-refractivity contribution in [1.82, 2.24) is 0 Å². The Bertz CT molecular complexity index is 424. The van der Waals surface area contributed by atoms with Crippen molar-refractivity contribution in [3.8, 4) is 5.75 Å². The first-order valence-electron chi connectivity index (χ1n) is 5.62. The highest BCUT2D eigenvalue weighted by atomic mass is 35.5. The Kier molecular flexibility index (Phi) is 2.89. The van der Waals surface area contributed by atoms with E-state index in [-0.39, 0.29) is 5.54 Å². The van der Waals surface area contributed by atoms with Gasteiger partial charge in [0.15, 0.2) is 0 Å². The largest absolute Gasteiger partial charge is 0.496 e. The number of nitrogens with two attached hydrogens (primary N) is 1. The quantitative estimate of drug-likeness (QED) is 0.860. The van der Waals surface area contributed by atoms with Gasteiger partial charge in [0, 0.05) is 10.6 Å². The molecule has 2 N–H and O–H groups in total. The van der Waals surface area contributed by atoms with Crippen LogP contribution in [0.5, 0.6) is 5.75 Å². The Morgan fingerprint density at radius 3 is 2.44 bits per heavy atom. The first-order chi connectivity index (χ1) is 7.49. The van der Waals surface area contributed by atoms with E-state index >= 15 is 0 Å². The fraction of sp³-hybridized carbons (Fsp3) is 0.538. The van der Waals surface area contributed by atoms with Crippen LogP contribution >= 0.6 is 11.6 Å². The molecule has 1 aromatic carbocycles. The molecule has 1 aliphatic carbocycles. The smallest absolute Gasteiger partial charge is 0.125 e. The Balaban J connectivity index is 2.60. The first-order valence-corrected chi connectivity index (χ1v) is 6.00. The van der Waals surface area contributed by atoms with Crippen molar-refractivity contribution in [1.29, 1.82) is 0 Å². The third kappa shape index (κ3) is 1.61. The zero-order chi connectivity index (χ0) is 11.9. The molecule has 1 fully saturated rings. The van der Waals surface area contributed by atoms with Gasteiger partial charge in [0.1, 0.15) is 5.75 Å². The van der Waals surface area contributed by atoms with Gasteiger partial charge in [0.2, 0.25) is 0 Å². The number of halogens is 1. The van der Waals surface area contributed by atoms with Crippen LogP contribution in [0.25, 0.3) is 0 Å². The van der Waals surface area contributed by atoms with Crippen LogP contribution in [0.1, 0.15) is 36.0 Å². The van der Waals surface area contributed by atoms with Gasteiger partial charge in [-0.15, -0.1) is 0 Å². The van der Waals surface area contributed by atoms with E-state index in [4.69, 9.17) is 22.1 Å². The highest BCUT2D eigenvalue weighted by molar-refractivity contribution is 6.31. The second kappa shape index (κ2) is 3.94. The van der Waals surface area contributed by atoms with Gasteiger partial charge in [-0.25, -0.2) is 0 Å². The predicted molar refractivity (Wildman–Crippen MR) is 67.2 cm³/mol. The van der Waals surface area contributed by atoms with Crippen molar-refractivity contribution in [3.63, 3.8) is 0 Å². The minimum absolute atomic E-state index is 0.234. The molecule has 0 saturated heterocycles. The molecule has 0 heterocycles. The minimum Gasteiger partial charge on any atom is -0.496 e. The molecule has 88 valence electrons. The van der Waals surface area contributed by atoms with E-state index < -0.39 is 0 Å². The van der Waals surface area contributed by atoms with Crippen LogP contribution in [0.4, 0.5) is 0 Å². The third-order valence-electron chi connectivity index (χ3n) is 3.60. The summed E-state index contributed by atoms with van der Waals surface area (Å²) in [6.07, 6.45) is 3.21. The lowest BCUT2D eigenvalue weighted by Crippen LogP contribution is -2.44. The molecule has 0 unspecified atom stereocenters. The number of hydrogen-bond donors (Lipinski definition) is 1. The van der Waals surface area contributed by atoms with Crippen LogP contribution < -0.4 is 10.5 Å². The highest BCUT2D eigenvalue weighted by Crippen LogP contribution is 2.46. The molecule has 2 rings (SSSR count). The average Bonchev–Trinajstić information content (AvgIpc) is 2.14. The van der Waals surface area contributed by atoms with Gasteiger partial charge in [-0.3, -0.25) is 0 Å². The summed E-state index contributed by atoms with van der Waals surface area (Å²) < 4.78 is 5.42. The average molecular weight is 240 g/mol. The molecule has 1 aliphatic rings. The zero-order valence-electron chi connectivity index (χ0n) is 10.1. The molecule has 0 aliphatic heterocycles. The molecule has 16 heavy (non-hydrogen) atoms. The van der Waals surface area contributed by atoms with Crippen LogP contribution in [0, 0.1) is 13.8 Å². The summed E-state index contributed by atoms with van der Waals surface area (Å²) in [6, 6.07) is 1.95. The molecule has 0 atom stereocenters. The normalized spacial score (nSPS) is 18.1. The standard InChI is InChI=1S/C13H18ClNO/c1-8-7-10(14)11(9(2)12(8)16-3)13(15)5-4-6-13/h7H,4-6,15H2,1-3H3. The van der Waals surface area contributed by atoms with E-state index in [0.29, 0.717) is 0 Å². The SMILES string of the molecule is COc1c(C)cc(Cl)c(C2(N)CCC2)c1C. The molecule has 1 saturated carbocycles. The summed E-state index contributed by atoms with van der Waals surface area (Å²) in [5.41, 5.74) is 9.36. The van der Waals surface area contributed by atoms with E-state index in [1.807, 2.05) is 19.9 Å². The molecular formula is C13H18ClNO. The van der Waals surface area contributed by atoms with Crippen molar-refractivity contribution < 1.29 is 4.74 Å². The van der Waals surface area contributed by atoms with Gasteiger partial charge in [-0.1, -0.05) is 11.6 Å². The molecule has 0 radical (unpaired) electrons. The lowest BCUT2D eigenvalue weighted by atomic mass is 9.71. The van der Waals surface area contributed by atoms with E-state index in [1.165, 1.54) is 6.42 Å². The Hall–Kier alpha value is -0.730. The second-order valence-corrected chi connectivity index (χ2v) is 5.13. The van der Waals surface area contributed by atoms with E-state index in [9.17, 15) is 0 Å². The number of benzene rings is 1. The van der Waals surface area contributed by atoms with Crippen molar-refractivity contribution >= 4 is 11.6 Å². The number of methoxy groups -OCH3 is 1. The summed E-state index contributed by atoms with van der Waals surface area (Å²) in [7, 11) is 1.69. The lowest BCUT2D eigenvalue weighted by Gasteiger charge is -2.40. The molecule has 0 spiro atoms. The third-order valence-corrected chi connectivity index (χ3v) is 3.90. The van der Waals surface area contributed by atoms with Crippen LogP contribution in [-0.2, 0) is 5.54 Å². The molecule has 3 heteroatoms. The Morgan fingerprint density at radius 2 is 2.00 bits per heavy atom. The van der Waals surface area contributed by atoms with Gasteiger partial charge in [-0.2, -0.15) is 0 Å². The number of ether oxygens (including phenoxy) is 1. The van der Waals surface area contributed by atoms with Crippen molar-refractivity contribution in [3.05, 3.63) is 27.8 Å². The maximum absolute atomic E-state index is 6.36. The van der Waals surface area contributed by atoms with Crippen LogP contribution in [0.15, 0.2) is 6.07 Å². The van der Waals surface area contributed by atoms with E-state index in [1.54, 1.807) is 7.11 Å². The van der Waals surface area contributed by atoms with E-state index in [2.05, 4.69) is 0 Å². The molecular weight excluding hydrogens is 222 g/mol. The summed E-state index contributed by atoms with van der Waals surface area (Å²) in [5, 5.41) is 0.776. The molecule has 2 nitrogen and oxygen atoms in total. The van der Waals surface area contributed by atoms with Gasteiger partial charge >= 0.3 is 0 Å². The first kappa shape index (κ1) is 11.7. The lowest BCUT2D eigenvalue weighted by molar-refractivity contribution is 0.251. The zero-order valence-corrected chi connectivity index (χ0v) is 10.8. The van der Waals surface area contributed by atoms with Crippen molar-refractivity contribution in [2.24, 2.45) is 5.73 Å². The number of aryl methyl sites for hydroxylation is 1. The monoisotopic (exact) mass is 239 g/mol. The fourth-order valence-corrected chi connectivity index (χ4v) is 3.14. The molecule has 0 amide bonds. The fourth-order valence-electron chi connectivity index (χ4n) is 2.65. The van der Waals surface area contributed by atoms with Crippen molar-refractivity contribution in [2.45, 2.75) is 38.6 Å². The molecule has 1 aromatic rings. The van der Waals surface area contributed by atoms with Crippen LogP contribution in [0.2, 0.25) is 5.02 Å².